The fourth-order valence-corrected chi connectivity index (χ4v) is 14.0. The first kappa shape index (κ1) is 72.8. The van der Waals surface area contributed by atoms with Gasteiger partial charge in [0.15, 0.2) is 0 Å². The highest BCUT2D eigenvalue weighted by molar-refractivity contribution is 5.65. The third-order valence-electron chi connectivity index (χ3n) is 18.4. The van der Waals surface area contributed by atoms with Crippen molar-refractivity contribution in [3.8, 4) is 46.0 Å². The summed E-state index contributed by atoms with van der Waals surface area (Å²) in [4.78, 5) is 0. The minimum atomic E-state index is 0.356. The van der Waals surface area contributed by atoms with Crippen LogP contribution < -0.4 is 48.5 Å². The van der Waals surface area contributed by atoms with Crippen LogP contribution in [-0.4, -0.2) is 106 Å². The molecule has 0 radical (unpaired) electrons. The van der Waals surface area contributed by atoms with Crippen LogP contribution in [0.5, 0.6) is 46.0 Å². The first-order valence-corrected chi connectivity index (χ1v) is 37.1. The van der Waals surface area contributed by atoms with Crippen LogP contribution in [0.1, 0.15) is 181 Å². The van der Waals surface area contributed by atoms with E-state index in [1.165, 1.54) is 0 Å². The molecule has 8 aromatic carbocycles. The number of hydrogen-bond acceptors (Lipinski definition) is 14. The second-order valence-corrected chi connectivity index (χ2v) is 26.1. The largest absolute Gasteiger partial charge is 0.493 e. The molecule has 20 bridgehead atoms. The van der Waals surface area contributed by atoms with Gasteiger partial charge in [-0.15, -0.1) is 0 Å². The zero-order chi connectivity index (χ0) is 69.4. The lowest BCUT2D eigenvalue weighted by Crippen LogP contribution is -2.14. The van der Waals surface area contributed by atoms with E-state index >= 15 is 0 Å². The van der Waals surface area contributed by atoms with Crippen LogP contribution in [-0.2, 0) is 83.4 Å². The third-order valence-corrected chi connectivity index (χ3v) is 18.4. The van der Waals surface area contributed by atoms with Gasteiger partial charge in [0.2, 0.25) is 0 Å². The topological polar surface area (TPSA) is 135 Å². The molecule has 0 aromatic heterocycles. The first-order chi connectivity index (χ1) is 49.2. The number of fused-ring (bicyclic) bond motifs is 2. The molecular weight excluding hydrogens is 1250 g/mol. The normalized spacial score (nSPS) is 13.1. The van der Waals surface area contributed by atoms with E-state index in [-0.39, 0.29) is 0 Å². The van der Waals surface area contributed by atoms with Gasteiger partial charge < -0.3 is 67.5 Å². The van der Waals surface area contributed by atoms with E-state index in [0.29, 0.717) is 170 Å². The van der Waals surface area contributed by atoms with Gasteiger partial charge >= 0.3 is 0 Å². The molecule has 100 heavy (non-hydrogen) atoms. The highest BCUT2D eigenvalue weighted by Gasteiger charge is 2.28. The Labute approximate surface area is 594 Å². The van der Waals surface area contributed by atoms with E-state index in [4.69, 9.17) is 56.8 Å². The molecule has 4 aliphatic rings. The van der Waals surface area contributed by atoms with Crippen LogP contribution in [0.3, 0.4) is 0 Å². The summed E-state index contributed by atoms with van der Waals surface area (Å²) in [5.41, 5.74) is 21.0. The zero-order valence-corrected chi connectivity index (χ0v) is 60.7. The van der Waals surface area contributed by atoms with Gasteiger partial charge in [-0.2, -0.15) is 0 Å². The molecule has 0 saturated carbocycles. The van der Waals surface area contributed by atoms with Crippen molar-refractivity contribution >= 4 is 11.4 Å². The van der Waals surface area contributed by atoms with Gasteiger partial charge in [-0.1, -0.05) is 100 Å². The van der Waals surface area contributed by atoms with E-state index in [9.17, 15) is 0 Å². The second kappa shape index (κ2) is 37.3. The smallest absolute Gasteiger partial charge is 0.126 e. The van der Waals surface area contributed by atoms with Crippen molar-refractivity contribution in [2.45, 2.75) is 146 Å². The summed E-state index contributed by atoms with van der Waals surface area (Å²) >= 11 is 0. The maximum absolute atomic E-state index is 7.11. The highest BCUT2D eigenvalue weighted by Crippen LogP contribution is 2.44. The number of para-hydroxylation sites is 4. The first-order valence-electron chi connectivity index (χ1n) is 37.1. The summed E-state index contributed by atoms with van der Waals surface area (Å²) in [6, 6.07) is 45.0. The molecule has 0 fully saturated rings. The van der Waals surface area contributed by atoms with Crippen LogP contribution in [0.25, 0.3) is 0 Å². The quantitative estimate of drug-likeness (QED) is 0.0387. The molecule has 14 heteroatoms. The Morgan fingerprint density at radius 2 is 0.420 bits per heavy atom. The Balaban J connectivity index is 1.23. The summed E-state index contributed by atoms with van der Waals surface area (Å²) in [6.45, 7) is 25.6. The van der Waals surface area contributed by atoms with Crippen molar-refractivity contribution in [1.29, 1.82) is 0 Å². The fourth-order valence-electron chi connectivity index (χ4n) is 14.0. The number of ether oxygens (including phenoxy) is 12. The van der Waals surface area contributed by atoms with Crippen molar-refractivity contribution in [3.05, 3.63) is 221 Å². The van der Waals surface area contributed by atoms with E-state index in [1.54, 1.807) is 0 Å². The minimum absolute atomic E-state index is 0.356. The lowest BCUT2D eigenvalue weighted by atomic mass is 9.89. The number of rotatable bonds is 32. The van der Waals surface area contributed by atoms with Gasteiger partial charge in [0.25, 0.3) is 0 Å². The van der Waals surface area contributed by atoms with Gasteiger partial charge in [0.05, 0.1) is 52.9 Å². The SMILES string of the molecule is CCCOc1c2cccc1Cc1cc3cc(c1OCCC)Cc1cccc(c1OCCC)Cc1cc(cc(c1OCCC)C2)CNc1cc2c(OCCOCC)c(c1)Cc1cccc(c1OCCOCC)Cc1cc(cc(c1OCCOCC)Cc1cccc(c1OCCOCC)C2)NC3. The maximum Gasteiger partial charge on any atom is 0.126 e. The van der Waals surface area contributed by atoms with Gasteiger partial charge in [-0.05, 0) is 180 Å². The van der Waals surface area contributed by atoms with E-state index < -0.39 is 0 Å². The van der Waals surface area contributed by atoms with Crippen LogP contribution in [0, 0.1) is 0 Å². The molecule has 0 spiro atoms. The second-order valence-electron chi connectivity index (χ2n) is 26.1. The number of benzene rings is 8. The minimum Gasteiger partial charge on any atom is -0.493 e. The van der Waals surface area contributed by atoms with Crippen molar-refractivity contribution in [3.63, 3.8) is 0 Å². The van der Waals surface area contributed by atoms with Crippen LogP contribution >= 0.6 is 0 Å². The fraction of sp³-hybridized carbons (Fsp3) is 0.442. The molecule has 0 unspecified atom stereocenters. The third kappa shape index (κ3) is 18.8. The Morgan fingerprint density at radius 1 is 0.230 bits per heavy atom. The average Bonchev–Trinajstić information content (AvgIpc) is 0.784. The van der Waals surface area contributed by atoms with Crippen LogP contribution in [0.2, 0.25) is 0 Å². The molecule has 0 saturated heterocycles. The average molecular weight is 1360 g/mol. The predicted octanol–water partition coefficient (Wildman–Crippen LogP) is 17.4. The summed E-state index contributed by atoms with van der Waals surface area (Å²) in [7, 11) is 0. The lowest BCUT2D eigenvalue weighted by molar-refractivity contribution is 0.108. The Hall–Kier alpha value is -8.40. The van der Waals surface area contributed by atoms with E-state index in [1.807, 2.05) is 27.7 Å². The van der Waals surface area contributed by atoms with Gasteiger partial charge in [-0.3, -0.25) is 0 Å². The van der Waals surface area contributed by atoms with Crippen molar-refractivity contribution < 1.29 is 56.8 Å². The molecule has 2 aliphatic carbocycles. The molecule has 532 valence electrons. The van der Waals surface area contributed by atoms with E-state index in [2.05, 4.69) is 160 Å². The molecule has 2 N–H and O–H groups in total. The molecule has 0 amide bonds. The number of nitrogens with one attached hydrogen (secondary N) is 2. The predicted molar refractivity (Wildman–Crippen MR) is 400 cm³/mol. The Morgan fingerprint density at radius 3 is 0.620 bits per heavy atom. The molecule has 2 aliphatic heterocycles. The van der Waals surface area contributed by atoms with Crippen LogP contribution in [0.15, 0.2) is 121 Å². The monoisotopic (exact) mass is 1360 g/mol. The molecule has 2 heterocycles. The summed E-state index contributed by atoms with van der Waals surface area (Å²) in [5.74, 6) is 6.85. The van der Waals surface area contributed by atoms with Crippen molar-refractivity contribution in [1.82, 2.24) is 0 Å². The summed E-state index contributed by atoms with van der Waals surface area (Å²) < 4.78 is 80.5. The molecular formula is C86H106N2O12. The van der Waals surface area contributed by atoms with Crippen LogP contribution in [0.4, 0.5) is 11.4 Å². The van der Waals surface area contributed by atoms with Gasteiger partial charge in [0, 0.05) is 125 Å². The maximum atomic E-state index is 7.11. The Kier molecular flexibility index (Phi) is 27.2. The van der Waals surface area contributed by atoms with Gasteiger partial charge in [-0.25, -0.2) is 0 Å². The summed E-state index contributed by atoms with van der Waals surface area (Å²) in [5, 5.41) is 8.10. The zero-order valence-electron chi connectivity index (χ0n) is 60.7. The molecule has 0 atom stereocenters. The summed E-state index contributed by atoms with van der Waals surface area (Å²) in [6.07, 6.45) is 7.67. The standard InChI is InChI=1S/C86H106N2O12/c1-9-29-93-79-61-21-17-22-62(79)46-70-42-60-44-72(84(70)96-32-12-4)48-64-24-18-23-63(80(64)94-30-10-2)47-71-43-59(41-69(45-61)83(71)95-31-11-3)57-87-77-53-73-49-65-25-19-27-67(81(65)97-37-33-89-13-5)51-75-55-78(88-58-60)56-76(86(75)100-40-36-92-16-8)52-68-28-20-26-66(82(68)98-38-34-90-14-6)50-74(54-77)85(73)99-39-35-91-15-7/h17-28,41-44,53-56,87-88H,9-16,29-40,45-52,57-58H2,1-8H3. The Bertz CT molecular complexity index is 3540. The van der Waals surface area contributed by atoms with E-state index in [0.717, 1.165) is 183 Å². The van der Waals surface area contributed by atoms with Crippen molar-refractivity contribution in [2.75, 3.05) is 116 Å². The number of anilines is 2. The lowest BCUT2D eigenvalue weighted by Gasteiger charge is -2.25. The van der Waals surface area contributed by atoms with Gasteiger partial charge in [0.1, 0.15) is 72.4 Å². The molecule has 12 rings (SSSR count). The molecule has 14 nitrogen and oxygen atoms in total. The van der Waals surface area contributed by atoms with Crippen molar-refractivity contribution in [2.24, 2.45) is 0 Å². The number of hydrogen-bond donors (Lipinski definition) is 2. The highest BCUT2D eigenvalue weighted by atomic mass is 16.5. The molecule has 8 aromatic rings.